The third-order valence-corrected chi connectivity index (χ3v) is 2.67. The molecule has 0 aliphatic heterocycles. The lowest BCUT2D eigenvalue weighted by Crippen LogP contribution is -2.29. The first-order valence-electron chi connectivity index (χ1n) is 5.78. The molecule has 0 spiro atoms. The first-order valence-corrected chi connectivity index (χ1v) is 6.18. The van der Waals surface area contributed by atoms with Gasteiger partial charge < -0.3 is 9.57 Å². The lowest BCUT2D eigenvalue weighted by atomic mass is 10.2. The summed E-state index contributed by atoms with van der Waals surface area (Å²) in [5, 5.41) is 0. The van der Waals surface area contributed by atoms with E-state index in [1.807, 2.05) is 18.2 Å². The normalized spacial score (nSPS) is 9.80. The first-order chi connectivity index (χ1) is 9.66. The predicted molar refractivity (Wildman–Crippen MR) is 73.1 cm³/mol. The molecule has 6 heteroatoms. The SMILES string of the molecule is O=C(OCc1ccccc1)C(=O)On1ccccc1=S. The number of benzene rings is 1. The van der Waals surface area contributed by atoms with Gasteiger partial charge in [-0.2, -0.15) is 4.73 Å². The number of ether oxygens (including phenoxy) is 1. The van der Waals surface area contributed by atoms with Crippen molar-refractivity contribution in [2.45, 2.75) is 6.61 Å². The molecule has 0 N–H and O–H groups in total. The summed E-state index contributed by atoms with van der Waals surface area (Å²) >= 11 is 4.93. The minimum Gasteiger partial charge on any atom is -0.452 e. The second-order valence-electron chi connectivity index (χ2n) is 3.81. The number of nitrogens with zero attached hydrogens (tertiary/aromatic N) is 1. The van der Waals surface area contributed by atoms with Crippen LogP contribution in [0.4, 0.5) is 0 Å². The summed E-state index contributed by atoms with van der Waals surface area (Å²) in [4.78, 5) is 27.8. The number of carbonyl (C=O) groups is 2. The van der Waals surface area contributed by atoms with Gasteiger partial charge in [0.2, 0.25) is 0 Å². The van der Waals surface area contributed by atoms with Gasteiger partial charge >= 0.3 is 11.9 Å². The van der Waals surface area contributed by atoms with Crippen LogP contribution < -0.4 is 4.84 Å². The molecule has 0 unspecified atom stereocenters. The maximum absolute atomic E-state index is 11.5. The third-order valence-electron chi connectivity index (χ3n) is 2.35. The van der Waals surface area contributed by atoms with E-state index >= 15 is 0 Å². The van der Waals surface area contributed by atoms with Crippen LogP contribution in [0.3, 0.4) is 0 Å². The van der Waals surface area contributed by atoms with Crippen molar-refractivity contribution >= 4 is 24.2 Å². The van der Waals surface area contributed by atoms with Crippen LogP contribution >= 0.6 is 12.2 Å². The monoisotopic (exact) mass is 289 g/mol. The number of hydrogen-bond acceptors (Lipinski definition) is 5. The molecule has 5 nitrogen and oxygen atoms in total. The Morgan fingerprint density at radius 2 is 1.70 bits per heavy atom. The van der Waals surface area contributed by atoms with Crippen molar-refractivity contribution in [3.8, 4) is 0 Å². The molecule has 0 saturated heterocycles. The summed E-state index contributed by atoms with van der Waals surface area (Å²) in [5.74, 6) is -2.19. The smallest absolute Gasteiger partial charge is 0.442 e. The second kappa shape index (κ2) is 6.63. The van der Waals surface area contributed by atoms with Crippen LogP contribution in [-0.2, 0) is 20.9 Å². The van der Waals surface area contributed by atoms with Gasteiger partial charge in [-0.1, -0.05) is 48.6 Å². The number of hydrogen-bond donors (Lipinski definition) is 0. The van der Waals surface area contributed by atoms with E-state index in [1.165, 1.54) is 6.20 Å². The molecule has 0 radical (unpaired) electrons. The topological polar surface area (TPSA) is 57.5 Å². The molecule has 0 atom stereocenters. The molecule has 0 aliphatic carbocycles. The zero-order chi connectivity index (χ0) is 14.4. The zero-order valence-electron chi connectivity index (χ0n) is 10.4. The molecule has 0 fully saturated rings. The van der Waals surface area contributed by atoms with E-state index in [0.717, 1.165) is 10.3 Å². The zero-order valence-corrected chi connectivity index (χ0v) is 11.2. The van der Waals surface area contributed by atoms with E-state index in [2.05, 4.69) is 0 Å². The van der Waals surface area contributed by atoms with Crippen molar-refractivity contribution in [1.82, 2.24) is 4.73 Å². The highest BCUT2D eigenvalue weighted by molar-refractivity contribution is 7.71. The summed E-state index contributed by atoms with van der Waals surface area (Å²) in [6.45, 7) is 0.00889. The highest BCUT2D eigenvalue weighted by Gasteiger charge is 2.18. The van der Waals surface area contributed by atoms with Gasteiger partial charge in [-0.3, -0.25) is 0 Å². The van der Waals surface area contributed by atoms with Crippen molar-refractivity contribution < 1.29 is 19.2 Å². The Morgan fingerprint density at radius 1 is 1.00 bits per heavy atom. The van der Waals surface area contributed by atoms with Crippen molar-refractivity contribution in [3.05, 3.63) is 64.9 Å². The number of rotatable bonds is 3. The Kier molecular flexibility index (Phi) is 4.62. The van der Waals surface area contributed by atoms with Gasteiger partial charge in [0.15, 0.2) is 0 Å². The largest absolute Gasteiger partial charge is 0.452 e. The Morgan fingerprint density at radius 3 is 2.40 bits per heavy atom. The molecule has 0 saturated carbocycles. The van der Waals surface area contributed by atoms with E-state index in [1.54, 1.807) is 30.3 Å². The minimum atomic E-state index is -1.12. The number of esters is 1. The summed E-state index contributed by atoms with van der Waals surface area (Å²) in [6.07, 6.45) is 1.44. The van der Waals surface area contributed by atoms with Gasteiger partial charge in [0.1, 0.15) is 11.2 Å². The van der Waals surface area contributed by atoms with Crippen molar-refractivity contribution in [1.29, 1.82) is 0 Å². The molecular weight excluding hydrogens is 278 g/mol. The molecule has 0 aliphatic rings. The Hall–Kier alpha value is -2.47. The fraction of sp³-hybridized carbons (Fsp3) is 0.0714. The van der Waals surface area contributed by atoms with Gasteiger partial charge in [-0.15, -0.1) is 0 Å². The summed E-state index contributed by atoms with van der Waals surface area (Å²) in [5.41, 5.74) is 0.782. The van der Waals surface area contributed by atoms with E-state index in [4.69, 9.17) is 21.8 Å². The van der Waals surface area contributed by atoms with Crippen LogP contribution in [0.5, 0.6) is 0 Å². The highest BCUT2D eigenvalue weighted by Crippen LogP contribution is 2.01. The van der Waals surface area contributed by atoms with Gasteiger partial charge in [0, 0.05) is 6.20 Å². The molecular formula is C14H11NO4S. The lowest BCUT2D eigenvalue weighted by Gasteiger charge is -2.07. The first kappa shape index (κ1) is 14.0. The Labute approximate surface area is 120 Å². The number of carbonyl (C=O) groups excluding carboxylic acids is 2. The van der Waals surface area contributed by atoms with Crippen LogP contribution in [-0.4, -0.2) is 16.7 Å². The molecule has 2 rings (SSSR count). The molecule has 1 aromatic heterocycles. The minimum absolute atomic E-state index is 0.00889. The van der Waals surface area contributed by atoms with E-state index in [-0.39, 0.29) is 11.2 Å². The van der Waals surface area contributed by atoms with Crippen molar-refractivity contribution in [2.24, 2.45) is 0 Å². The lowest BCUT2D eigenvalue weighted by molar-refractivity contribution is -0.168. The fourth-order valence-corrected chi connectivity index (χ4v) is 1.57. The number of aromatic nitrogens is 1. The maximum atomic E-state index is 11.5. The van der Waals surface area contributed by atoms with Crippen LogP contribution in [0.1, 0.15) is 5.56 Å². The maximum Gasteiger partial charge on any atom is 0.442 e. The molecule has 0 bridgehead atoms. The van der Waals surface area contributed by atoms with Gasteiger partial charge in [0.05, 0.1) is 0 Å². The molecule has 2 aromatic rings. The Balaban J connectivity index is 1.91. The quantitative estimate of drug-likeness (QED) is 0.491. The summed E-state index contributed by atoms with van der Waals surface area (Å²) in [6, 6.07) is 13.9. The molecule has 0 amide bonds. The van der Waals surface area contributed by atoms with Crippen molar-refractivity contribution in [3.63, 3.8) is 0 Å². The molecule has 1 aromatic carbocycles. The van der Waals surface area contributed by atoms with Crippen LogP contribution in [0.25, 0.3) is 0 Å². The average molecular weight is 289 g/mol. The van der Waals surface area contributed by atoms with E-state index in [9.17, 15) is 9.59 Å². The van der Waals surface area contributed by atoms with Crippen LogP contribution in [0, 0.1) is 4.64 Å². The predicted octanol–water partition coefficient (Wildman–Crippen LogP) is 1.92. The van der Waals surface area contributed by atoms with Crippen LogP contribution in [0.15, 0.2) is 54.7 Å². The second-order valence-corrected chi connectivity index (χ2v) is 4.22. The molecule has 20 heavy (non-hydrogen) atoms. The Bertz CT molecular complexity index is 666. The third kappa shape index (κ3) is 3.76. The van der Waals surface area contributed by atoms with Gasteiger partial charge in [-0.25, -0.2) is 9.59 Å². The summed E-state index contributed by atoms with van der Waals surface area (Å²) < 4.78 is 6.15. The van der Waals surface area contributed by atoms with Gasteiger partial charge in [0.25, 0.3) is 0 Å². The average Bonchev–Trinajstić information content (AvgIpc) is 2.48. The summed E-state index contributed by atoms with van der Waals surface area (Å²) in [7, 11) is 0. The highest BCUT2D eigenvalue weighted by atomic mass is 32.1. The fourth-order valence-electron chi connectivity index (χ4n) is 1.40. The van der Waals surface area contributed by atoms with Gasteiger partial charge in [-0.05, 0) is 17.7 Å². The van der Waals surface area contributed by atoms with Crippen molar-refractivity contribution in [2.75, 3.05) is 0 Å². The van der Waals surface area contributed by atoms with E-state index < -0.39 is 11.9 Å². The standard InChI is InChI=1S/C14H11NO4S/c16-13(18-10-11-6-2-1-3-7-11)14(17)19-15-9-5-4-8-12(15)20/h1-9H,10H2. The van der Waals surface area contributed by atoms with Crippen LogP contribution in [0.2, 0.25) is 0 Å². The molecule has 102 valence electrons. The molecule has 1 heterocycles. The van der Waals surface area contributed by atoms with E-state index in [0.29, 0.717) is 0 Å². The number of pyridine rings is 1.